The van der Waals surface area contributed by atoms with Crippen molar-refractivity contribution in [3.63, 3.8) is 0 Å². The number of carbonyl (C=O) groups is 1. The third kappa shape index (κ3) is 3.59. The standard InChI is InChI=1S/C20H17ClN2O2S/c21-17-8-4-5-14-9-10-23(20(14)17)19(24)11-15-13-26-18(22-15)12-25-16-6-2-1-3-7-16/h1-8,13H,9-12H2. The highest BCUT2D eigenvalue weighted by molar-refractivity contribution is 7.09. The number of ether oxygens (including phenoxy) is 1. The molecule has 1 aromatic heterocycles. The maximum Gasteiger partial charge on any atom is 0.233 e. The molecule has 26 heavy (non-hydrogen) atoms. The number of rotatable bonds is 5. The number of carbonyl (C=O) groups excluding carboxylic acids is 1. The summed E-state index contributed by atoms with van der Waals surface area (Å²) in [6.45, 7) is 1.08. The van der Waals surface area contributed by atoms with E-state index in [9.17, 15) is 4.79 Å². The summed E-state index contributed by atoms with van der Waals surface area (Å²) in [5.41, 5.74) is 2.75. The molecule has 132 valence electrons. The summed E-state index contributed by atoms with van der Waals surface area (Å²) in [6.07, 6.45) is 1.11. The van der Waals surface area contributed by atoms with E-state index in [1.807, 2.05) is 53.9 Å². The normalized spacial score (nSPS) is 12.9. The molecule has 0 saturated heterocycles. The fourth-order valence-electron chi connectivity index (χ4n) is 3.07. The molecule has 6 heteroatoms. The van der Waals surface area contributed by atoms with E-state index < -0.39 is 0 Å². The molecule has 0 unspecified atom stereocenters. The lowest BCUT2D eigenvalue weighted by Gasteiger charge is -2.18. The van der Waals surface area contributed by atoms with Gasteiger partial charge in [0.25, 0.3) is 0 Å². The summed E-state index contributed by atoms with van der Waals surface area (Å²) < 4.78 is 5.71. The number of benzene rings is 2. The Balaban J connectivity index is 1.40. The predicted octanol–water partition coefficient (Wildman–Crippen LogP) is 4.51. The van der Waals surface area contributed by atoms with Gasteiger partial charge in [0.15, 0.2) is 0 Å². The fraction of sp³-hybridized carbons (Fsp3) is 0.200. The Morgan fingerprint density at radius 2 is 2.04 bits per heavy atom. The minimum absolute atomic E-state index is 0.0256. The molecule has 1 aliphatic rings. The minimum atomic E-state index is 0.0256. The van der Waals surface area contributed by atoms with Crippen LogP contribution in [0.1, 0.15) is 16.3 Å². The molecule has 0 fully saturated rings. The van der Waals surface area contributed by atoms with Crippen molar-refractivity contribution in [3.8, 4) is 5.75 Å². The van der Waals surface area contributed by atoms with Crippen LogP contribution < -0.4 is 9.64 Å². The van der Waals surface area contributed by atoms with Crippen LogP contribution in [0.5, 0.6) is 5.75 Å². The quantitative estimate of drug-likeness (QED) is 0.650. The lowest BCUT2D eigenvalue weighted by molar-refractivity contribution is -0.117. The number of hydrogen-bond donors (Lipinski definition) is 0. The van der Waals surface area contributed by atoms with Gasteiger partial charge >= 0.3 is 0 Å². The molecule has 4 nitrogen and oxygen atoms in total. The highest BCUT2D eigenvalue weighted by Gasteiger charge is 2.27. The summed E-state index contributed by atoms with van der Waals surface area (Å²) in [6, 6.07) is 15.4. The Labute approximate surface area is 161 Å². The van der Waals surface area contributed by atoms with E-state index in [1.165, 1.54) is 11.3 Å². The van der Waals surface area contributed by atoms with E-state index in [-0.39, 0.29) is 12.3 Å². The molecule has 0 spiro atoms. The zero-order chi connectivity index (χ0) is 17.9. The van der Waals surface area contributed by atoms with Gasteiger partial charge in [-0.25, -0.2) is 4.98 Å². The van der Waals surface area contributed by atoms with Crippen LogP contribution in [-0.2, 0) is 24.2 Å². The highest BCUT2D eigenvalue weighted by Crippen LogP contribution is 2.35. The fourth-order valence-corrected chi connectivity index (χ4v) is 4.07. The smallest absolute Gasteiger partial charge is 0.233 e. The molecule has 1 amide bonds. The molecule has 0 bridgehead atoms. The third-order valence-electron chi connectivity index (χ3n) is 4.28. The first kappa shape index (κ1) is 17.1. The molecular formula is C20H17ClN2O2S. The topological polar surface area (TPSA) is 42.4 Å². The lowest BCUT2D eigenvalue weighted by atomic mass is 10.2. The molecule has 2 heterocycles. The molecular weight excluding hydrogens is 368 g/mol. The van der Waals surface area contributed by atoms with E-state index in [0.717, 1.165) is 34.1 Å². The Morgan fingerprint density at radius 1 is 1.19 bits per heavy atom. The third-order valence-corrected chi connectivity index (χ3v) is 5.46. The van der Waals surface area contributed by atoms with E-state index in [2.05, 4.69) is 4.98 Å². The second kappa shape index (κ2) is 7.48. The van der Waals surface area contributed by atoms with Gasteiger partial charge in [-0.15, -0.1) is 11.3 Å². The van der Waals surface area contributed by atoms with Crippen molar-refractivity contribution in [3.05, 3.63) is 75.2 Å². The van der Waals surface area contributed by atoms with Gasteiger partial charge in [-0.05, 0) is 30.2 Å². The van der Waals surface area contributed by atoms with Gasteiger partial charge in [0.1, 0.15) is 17.4 Å². The molecule has 4 rings (SSSR count). The first-order valence-corrected chi connectivity index (χ1v) is 9.65. The van der Waals surface area contributed by atoms with Crippen LogP contribution in [0, 0.1) is 0 Å². The zero-order valence-corrected chi connectivity index (χ0v) is 15.6. The summed E-state index contributed by atoms with van der Waals surface area (Å²) in [5, 5.41) is 3.41. The summed E-state index contributed by atoms with van der Waals surface area (Å²) >= 11 is 7.80. The van der Waals surface area contributed by atoms with E-state index in [1.54, 1.807) is 4.90 Å². The van der Waals surface area contributed by atoms with E-state index >= 15 is 0 Å². The van der Waals surface area contributed by atoms with Gasteiger partial charge in [0.2, 0.25) is 5.91 Å². The Hall–Kier alpha value is -2.37. The van der Waals surface area contributed by atoms with Gasteiger partial charge in [-0.1, -0.05) is 41.9 Å². The summed E-state index contributed by atoms with van der Waals surface area (Å²) in [5.74, 6) is 0.835. The number of anilines is 1. The zero-order valence-electron chi connectivity index (χ0n) is 14.0. The van der Waals surface area contributed by atoms with Crippen molar-refractivity contribution in [2.45, 2.75) is 19.4 Å². The van der Waals surface area contributed by atoms with Crippen molar-refractivity contribution in [1.82, 2.24) is 4.98 Å². The van der Waals surface area contributed by atoms with Gasteiger partial charge in [0, 0.05) is 11.9 Å². The van der Waals surface area contributed by atoms with Gasteiger partial charge in [-0.3, -0.25) is 4.79 Å². The number of hydrogen-bond acceptors (Lipinski definition) is 4. The molecule has 3 aromatic rings. The van der Waals surface area contributed by atoms with Crippen molar-refractivity contribution < 1.29 is 9.53 Å². The van der Waals surface area contributed by atoms with E-state index in [4.69, 9.17) is 16.3 Å². The number of para-hydroxylation sites is 2. The number of thiazole rings is 1. The first-order valence-electron chi connectivity index (χ1n) is 8.39. The second-order valence-corrected chi connectivity index (χ2v) is 7.40. The van der Waals surface area contributed by atoms with Crippen molar-refractivity contribution in [2.24, 2.45) is 0 Å². The maximum absolute atomic E-state index is 12.7. The van der Waals surface area contributed by atoms with Crippen LogP contribution in [0.2, 0.25) is 5.02 Å². The van der Waals surface area contributed by atoms with Crippen LogP contribution in [0.3, 0.4) is 0 Å². The largest absolute Gasteiger partial charge is 0.486 e. The van der Waals surface area contributed by atoms with Crippen LogP contribution >= 0.6 is 22.9 Å². The Kier molecular flexibility index (Phi) is 4.91. The monoisotopic (exact) mass is 384 g/mol. The van der Waals surface area contributed by atoms with Gasteiger partial charge in [-0.2, -0.15) is 0 Å². The average Bonchev–Trinajstić information content (AvgIpc) is 3.28. The van der Waals surface area contributed by atoms with Gasteiger partial charge in [0.05, 0.1) is 22.8 Å². The Bertz CT molecular complexity index is 927. The SMILES string of the molecule is O=C(Cc1csc(COc2ccccc2)n1)N1CCc2cccc(Cl)c21. The number of amides is 1. The van der Waals surface area contributed by atoms with Gasteiger partial charge < -0.3 is 9.64 Å². The first-order chi connectivity index (χ1) is 12.7. The van der Waals surface area contributed by atoms with Crippen LogP contribution in [-0.4, -0.2) is 17.4 Å². The number of aromatic nitrogens is 1. The minimum Gasteiger partial charge on any atom is -0.486 e. The predicted molar refractivity (Wildman–Crippen MR) is 104 cm³/mol. The number of fused-ring (bicyclic) bond motifs is 1. The van der Waals surface area contributed by atoms with Crippen molar-refractivity contribution in [1.29, 1.82) is 0 Å². The maximum atomic E-state index is 12.7. The second-order valence-electron chi connectivity index (χ2n) is 6.05. The van der Waals surface area contributed by atoms with Crippen molar-refractivity contribution >= 4 is 34.5 Å². The lowest BCUT2D eigenvalue weighted by Crippen LogP contribution is -2.30. The number of halogens is 1. The van der Waals surface area contributed by atoms with E-state index in [0.29, 0.717) is 18.2 Å². The molecule has 1 aliphatic heterocycles. The Morgan fingerprint density at radius 3 is 2.88 bits per heavy atom. The molecule has 0 saturated carbocycles. The molecule has 0 aliphatic carbocycles. The van der Waals surface area contributed by atoms with Crippen LogP contribution in [0.25, 0.3) is 0 Å². The van der Waals surface area contributed by atoms with Crippen LogP contribution in [0.4, 0.5) is 5.69 Å². The van der Waals surface area contributed by atoms with Crippen LogP contribution in [0.15, 0.2) is 53.9 Å². The molecule has 0 N–H and O–H groups in total. The summed E-state index contributed by atoms with van der Waals surface area (Å²) in [4.78, 5) is 19.0. The summed E-state index contributed by atoms with van der Waals surface area (Å²) in [7, 11) is 0. The number of nitrogens with zero attached hydrogens (tertiary/aromatic N) is 2. The molecule has 0 atom stereocenters. The molecule has 0 radical (unpaired) electrons. The highest BCUT2D eigenvalue weighted by atomic mass is 35.5. The average molecular weight is 385 g/mol. The van der Waals surface area contributed by atoms with Crippen molar-refractivity contribution in [2.75, 3.05) is 11.4 Å². The molecule has 2 aromatic carbocycles.